The summed E-state index contributed by atoms with van der Waals surface area (Å²) < 4.78 is 7.88. The van der Waals surface area contributed by atoms with E-state index in [9.17, 15) is 14.7 Å². The molecule has 0 saturated carbocycles. The monoisotopic (exact) mass is 532 g/mol. The zero-order valence-corrected chi connectivity index (χ0v) is 18.8. The van der Waals surface area contributed by atoms with Gasteiger partial charge in [0.1, 0.15) is 12.3 Å². The van der Waals surface area contributed by atoms with Gasteiger partial charge in [-0.3, -0.25) is 9.59 Å². The van der Waals surface area contributed by atoms with E-state index in [1.807, 2.05) is 62.5 Å². The van der Waals surface area contributed by atoms with Crippen LogP contribution in [0.25, 0.3) is 10.9 Å². The Labute approximate surface area is 192 Å². The van der Waals surface area contributed by atoms with Gasteiger partial charge in [-0.1, -0.05) is 18.2 Å². The number of morpholine rings is 1. The average Bonchev–Trinajstić information content (AvgIpc) is 3.13. The quantitative estimate of drug-likeness (QED) is 0.300. The second-order valence-corrected chi connectivity index (χ2v) is 8.25. The number of halogens is 1. The fourth-order valence-electron chi connectivity index (χ4n) is 3.45. The van der Waals surface area contributed by atoms with Crippen molar-refractivity contribution in [2.24, 2.45) is 5.10 Å². The number of nitrogens with zero attached hydrogens (tertiary/aromatic N) is 3. The van der Waals surface area contributed by atoms with E-state index >= 15 is 0 Å². The number of carbonyl (C=O) groups is 2. The Hall–Kier alpha value is -2.92. The summed E-state index contributed by atoms with van der Waals surface area (Å²) in [5.74, 6) is -0.334. The lowest BCUT2D eigenvalue weighted by atomic mass is 10.2. The molecule has 1 aliphatic heterocycles. The number of phenolic OH excluding ortho intramolecular Hbond substituents is 1. The third-order valence-electron chi connectivity index (χ3n) is 5.07. The lowest BCUT2D eigenvalue weighted by molar-refractivity contribution is -0.135. The number of aromatic nitrogens is 1. The minimum absolute atomic E-state index is 0.0411. The molecule has 2 heterocycles. The first kappa shape index (κ1) is 21.3. The lowest BCUT2D eigenvalue weighted by Crippen LogP contribution is -2.42. The molecule has 1 saturated heterocycles. The summed E-state index contributed by atoms with van der Waals surface area (Å²) in [6.45, 7) is 2.56. The molecule has 160 valence electrons. The van der Waals surface area contributed by atoms with Gasteiger partial charge in [0.05, 0.1) is 23.0 Å². The van der Waals surface area contributed by atoms with Gasteiger partial charge in [-0.15, -0.1) is 0 Å². The number of nitrogens with one attached hydrogen (secondary N) is 1. The summed E-state index contributed by atoms with van der Waals surface area (Å²) in [6.07, 6.45) is 3.41. The van der Waals surface area contributed by atoms with Crippen molar-refractivity contribution in [2.45, 2.75) is 6.54 Å². The summed E-state index contributed by atoms with van der Waals surface area (Å²) in [6, 6.07) is 12.4. The van der Waals surface area contributed by atoms with E-state index in [1.165, 1.54) is 6.07 Å². The van der Waals surface area contributed by atoms with Crippen molar-refractivity contribution in [3.8, 4) is 5.75 Å². The molecule has 1 aliphatic rings. The molecule has 4 rings (SSSR count). The van der Waals surface area contributed by atoms with Crippen molar-refractivity contribution in [3.05, 3.63) is 63.4 Å². The molecule has 0 bridgehead atoms. The molecular formula is C22H21IN4O4. The molecule has 0 spiro atoms. The molecule has 1 aromatic heterocycles. The maximum absolute atomic E-state index is 12.7. The normalized spacial score (nSPS) is 14.3. The number of hydrazone groups is 1. The Morgan fingerprint density at radius 3 is 2.74 bits per heavy atom. The fourth-order valence-corrected chi connectivity index (χ4v) is 3.78. The minimum atomic E-state index is -0.422. The SMILES string of the molecule is O=C(N/N=C\c1cn(CC(=O)N2CCOCC2)c2ccccc12)c1ccc(I)c(O)c1. The Morgan fingerprint density at radius 2 is 1.97 bits per heavy atom. The van der Waals surface area contributed by atoms with Gasteiger partial charge in [0.2, 0.25) is 5.91 Å². The van der Waals surface area contributed by atoms with E-state index in [4.69, 9.17) is 4.74 Å². The smallest absolute Gasteiger partial charge is 0.271 e. The van der Waals surface area contributed by atoms with Crippen LogP contribution in [-0.4, -0.2) is 58.9 Å². The van der Waals surface area contributed by atoms with Crippen molar-refractivity contribution in [2.75, 3.05) is 26.3 Å². The number of phenols is 1. The van der Waals surface area contributed by atoms with E-state index in [1.54, 1.807) is 18.3 Å². The number of hydrogen-bond acceptors (Lipinski definition) is 5. The van der Waals surface area contributed by atoms with Crippen LogP contribution in [0.1, 0.15) is 15.9 Å². The fraction of sp³-hybridized carbons (Fsp3) is 0.227. The zero-order chi connectivity index (χ0) is 21.8. The number of carbonyl (C=O) groups excluding carboxylic acids is 2. The number of aromatic hydroxyl groups is 1. The van der Waals surface area contributed by atoms with Gasteiger partial charge in [0, 0.05) is 41.3 Å². The molecule has 2 amide bonds. The number of para-hydroxylation sites is 1. The summed E-state index contributed by atoms with van der Waals surface area (Å²) in [4.78, 5) is 26.8. The van der Waals surface area contributed by atoms with Crippen LogP contribution in [-0.2, 0) is 16.1 Å². The molecular weight excluding hydrogens is 511 g/mol. The van der Waals surface area contributed by atoms with Gasteiger partial charge in [0.15, 0.2) is 0 Å². The highest BCUT2D eigenvalue weighted by atomic mass is 127. The standard InChI is InChI=1S/C22H21IN4O4/c23-18-6-5-15(11-20(18)28)22(30)25-24-12-16-13-27(19-4-2-1-3-17(16)19)14-21(29)26-7-9-31-10-8-26/h1-6,11-13,28H,7-10,14H2,(H,25,30)/b24-12-. The van der Waals surface area contributed by atoms with Gasteiger partial charge in [0.25, 0.3) is 5.91 Å². The van der Waals surface area contributed by atoms with Crippen LogP contribution in [0.5, 0.6) is 5.75 Å². The first-order valence-corrected chi connectivity index (χ1v) is 10.9. The van der Waals surface area contributed by atoms with Gasteiger partial charge in [-0.25, -0.2) is 5.43 Å². The molecule has 0 aliphatic carbocycles. The number of hydrogen-bond donors (Lipinski definition) is 2. The van der Waals surface area contributed by atoms with E-state index in [-0.39, 0.29) is 18.2 Å². The van der Waals surface area contributed by atoms with Crippen LogP contribution >= 0.6 is 22.6 Å². The summed E-state index contributed by atoms with van der Waals surface area (Å²) >= 11 is 1.99. The molecule has 8 nitrogen and oxygen atoms in total. The third-order valence-corrected chi connectivity index (χ3v) is 5.98. The largest absolute Gasteiger partial charge is 0.507 e. The Kier molecular flexibility index (Phi) is 6.52. The Bertz CT molecular complexity index is 1150. The molecule has 3 aromatic rings. The number of amides is 2. The predicted molar refractivity (Wildman–Crippen MR) is 125 cm³/mol. The van der Waals surface area contributed by atoms with E-state index < -0.39 is 5.91 Å². The minimum Gasteiger partial charge on any atom is -0.507 e. The second-order valence-electron chi connectivity index (χ2n) is 7.09. The molecule has 2 N–H and O–H groups in total. The van der Waals surface area contributed by atoms with Crippen LogP contribution in [0, 0.1) is 3.57 Å². The second kappa shape index (κ2) is 9.48. The van der Waals surface area contributed by atoms with Crippen LogP contribution in [0.4, 0.5) is 0 Å². The zero-order valence-electron chi connectivity index (χ0n) is 16.6. The van der Waals surface area contributed by atoms with Crippen LogP contribution in [0.2, 0.25) is 0 Å². The average molecular weight is 532 g/mol. The Morgan fingerprint density at radius 1 is 1.19 bits per heavy atom. The number of fused-ring (bicyclic) bond motifs is 1. The lowest BCUT2D eigenvalue weighted by Gasteiger charge is -2.27. The van der Waals surface area contributed by atoms with Crippen LogP contribution < -0.4 is 5.43 Å². The Balaban J connectivity index is 1.50. The molecule has 9 heteroatoms. The van der Waals surface area contributed by atoms with Crippen molar-refractivity contribution in [1.82, 2.24) is 14.9 Å². The molecule has 31 heavy (non-hydrogen) atoms. The summed E-state index contributed by atoms with van der Waals surface area (Å²) in [5.41, 5.74) is 4.50. The molecule has 0 atom stereocenters. The summed E-state index contributed by atoms with van der Waals surface area (Å²) in [7, 11) is 0. The highest BCUT2D eigenvalue weighted by molar-refractivity contribution is 14.1. The maximum Gasteiger partial charge on any atom is 0.271 e. The third kappa shape index (κ3) is 4.88. The van der Waals surface area contributed by atoms with Crippen molar-refractivity contribution in [3.63, 3.8) is 0 Å². The molecule has 1 fully saturated rings. The van der Waals surface area contributed by atoms with Crippen molar-refractivity contribution < 1.29 is 19.4 Å². The topological polar surface area (TPSA) is 96.2 Å². The molecule has 0 radical (unpaired) electrons. The van der Waals surface area contributed by atoms with Crippen LogP contribution in [0.15, 0.2) is 53.8 Å². The van der Waals surface area contributed by atoms with E-state index in [0.717, 1.165) is 16.5 Å². The number of rotatable bonds is 5. The van der Waals surface area contributed by atoms with Crippen LogP contribution in [0.3, 0.4) is 0 Å². The maximum atomic E-state index is 12.7. The first-order chi connectivity index (χ1) is 15.0. The van der Waals surface area contributed by atoms with Gasteiger partial charge in [-0.05, 0) is 46.9 Å². The molecule has 0 unspecified atom stereocenters. The number of ether oxygens (including phenoxy) is 1. The van der Waals surface area contributed by atoms with E-state index in [2.05, 4.69) is 10.5 Å². The highest BCUT2D eigenvalue weighted by Gasteiger charge is 2.18. The van der Waals surface area contributed by atoms with Gasteiger partial charge >= 0.3 is 0 Å². The first-order valence-electron chi connectivity index (χ1n) is 9.78. The van der Waals surface area contributed by atoms with Gasteiger partial charge < -0.3 is 19.3 Å². The van der Waals surface area contributed by atoms with E-state index in [0.29, 0.717) is 35.4 Å². The molecule has 2 aromatic carbocycles. The number of benzene rings is 2. The van der Waals surface area contributed by atoms with Gasteiger partial charge in [-0.2, -0.15) is 5.10 Å². The van der Waals surface area contributed by atoms with Crippen molar-refractivity contribution >= 4 is 51.5 Å². The highest BCUT2D eigenvalue weighted by Crippen LogP contribution is 2.21. The summed E-state index contributed by atoms with van der Waals surface area (Å²) in [5, 5.41) is 14.8. The van der Waals surface area contributed by atoms with Crippen molar-refractivity contribution in [1.29, 1.82) is 0 Å². The predicted octanol–water partition coefficient (Wildman–Crippen LogP) is 2.57.